The standard InChI is InChI=1S/C103H110N12O14/c1-62(2)55-80-94(118)111-83(56-64-23-9-5-10-24-64)100(124)114-53-21-37-85(114)97(121)110-82(59-75-46-44-73-42-40-69-32-18-34-71-48-50-77(75)90(73)88(69)71)95(119)106-78(35-19-51-104-102(126)128-60-66-27-13-7-14-28-66)92(116)109-81(58-74-45-43-72-41-39-68-31-17-33-70-47-49-76(74)89(72)87(68)70)96(120)112-84(57-65-25-11-6-12-26-65)101(125)115-54-22-38-86(115)98(122)113-91(63(3)4)99(123)107-79(93(117)108-80)36-20-52-105-103(127)129-61-67-29-15-8-16-30-67/h5-18,23-34,39-50,62-63,78-86,91H,19-22,35-38,51-61H2,1-4H3,(H,104,126)(H,105,127)(H,106,119)(H,107,123)(H,108,117)(H,109,116)(H,110,121)(H,111,118)(H,112,120)(H,113,122)/t78-,79-,80-,81-,82-,83+,84+,85-,86-,91-/m0/s1. The Morgan fingerprint density at radius 3 is 1.09 bits per heavy atom. The summed E-state index contributed by atoms with van der Waals surface area (Å²) in [6.45, 7) is 7.08. The van der Waals surface area contributed by atoms with Crippen molar-refractivity contribution in [2.24, 2.45) is 11.8 Å². The van der Waals surface area contributed by atoms with Crippen LogP contribution in [-0.2, 0) is 96.3 Å². The highest BCUT2D eigenvalue weighted by Gasteiger charge is 2.44. The summed E-state index contributed by atoms with van der Waals surface area (Å²) in [6.07, 6.45) is -1.19. The van der Waals surface area contributed by atoms with Crippen molar-refractivity contribution < 1.29 is 67.0 Å². The predicted octanol–water partition coefficient (Wildman–Crippen LogP) is 11.7. The third kappa shape index (κ3) is 21.8. The SMILES string of the molecule is CC(C)C[C@@H]1NC(=O)[C@H](CCCNC(=O)OCc2ccccc2)NC(=O)[C@H](C(C)C)NC(=O)[C@@H]2CCCN2C(=O)[C@@H](Cc2ccccc2)NC(=O)[C@H](Cc2ccc3ccc4cccc5ccc2c3c45)NC(=O)[C@H](CCCNC(=O)OCc2ccccc2)NC(=O)[C@H](Cc2ccc3ccc4cccc5ccc2c3c45)NC(=O)[C@@H]2CCCN2C(=O)[C@@H](Cc2ccccc2)NC1=O. The summed E-state index contributed by atoms with van der Waals surface area (Å²) in [5.41, 5.74) is 4.07. The van der Waals surface area contributed by atoms with Crippen LogP contribution in [-0.4, -0.2) is 168 Å². The maximum Gasteiger partial charge on any atom is 0.407 e. The molecule has 0 saturated carbocycles. The van der Waals surface area contributed by atoms with Crippen molar-refractivity contribution in [3.05, 3.63) is 264 Å². The molecule has 3 fully saturated rings. The highest BCUT2D eigenvalue weighted by atomic mass is 16.6. The molecule has 666 valence electrons. The lowest BCUT2D eigenvalue weighted by Gasteiger charge is -2.32. The van der Waals surface area contributed by atoms with Crippen molar-refractivity contribution in [3.63, 3.8) is 0 Å². The number of ether oxygens (including phenoxy) is 2. The van der Waals surface area contributed by atoms with E-state index in [1.165, 1.54) is 9.80 Å². The van der Waals surface area contributed by atoms with Crippen LogP contribution in [0.3, 0.4) is 0 Å². The molecule has 129 heavy (non-hydrogen) atoms. The van der Waals surface area contributed by atoms with Gasteiger partial charge in [-0.25, -0.2) is 9.59 Å². The summed E-state index contributed by atoms with van der Waals surface area (Å²) < 4.78 is 11.1. The molecule has 26 nitrogen and oxygen atoms in total. The second kappa shape index (κ2) is 41.6. The molecule has 12 amide bonds. The highest BCUT2D eigenvalue weighted by molar-refractivity contribution is 6.25. The number of carbonyl (C=O) groups is 12. The maximum absolute atomic E-state index is 16.3. The minimum Gasteiger partial charge on any atom is -0.445 e. The molecule has 0 aliphatic carbocycles. The van der Waals surface area contributed by atoms with Crippen molar-refractivity contribution in [1.82, 2.24) is 63.0 Å². The summed E-state index contributed by atoms with van der Waals surface area (Å²) in [4.78, 5) is 187. The van der Waals surface area contributed by atoms with Crippen LogP contribution in [0.4, 0.5) is 9.59 Å². The van der Waals surface area contributed by atoms with E-state index >= 15 is 47.9 Å². The van der Waals surface area contributed by atoms with Crippen molar-refractivity contribution in [1.29, 1.82) is 0 Å². The zero-order valence-electron chi connectivity index (χ0n) is 72.9. The Kier molecular flexibility index (Phi) is 29.0. The second-order valence-corrected chi connectivity index (χ2v) is 34.9. The van der Waals surface area contributed by atoms with Gasteiger partial charge in [0.25, 0.3) is 0 Å². The zero-order valence-corrected chi connectivity index (χ0v) is 72.9. The van der Waals surface area contributed by atoms with Crippen LogP contribution in [0.5, 0.6) is 0 Å². The fourth-order valence-electron chi connectivity index (χ4n) is 18.4. The number of nitrogens with zero attached hydrogens (tertiary/aromatic N) is 2. The van der Waals surface area contributed by atoms with E-state index in [-0.39, 0.29) is 116 Å². The average Bonchev–Trinajstić information content (AvgIpc) is 0.957. The summed E-state index contributed by atoms with van der Waals surface area (Å²) in [7, 11) is 0. The zero-order chi connectivity index (χ0) is 90.2. The van der Waals surface area contributed by atoms with Gasteiger partial charge in [-0.15, -0.1) is 0 Å². The predicted molar refractivity (Wildman–Crippen MR) is 495 cm³/mol. The van der Waals surface area contributed by atoms with Crippen molar-refractivity contribution in [3.8, 4) is 0 Å². The fraction of sp³-hybridized carbons (Fsp3) is 0.340. The number of rotatable bonds is 23. The third-order valence-corrected chi connectivity index (χ3v) is 25.0. The normalized spacial score (nSPS) is 21.1. The monoisotopic (exact) mass is 1740 g/mol. The van der Waals surface area contributed by atoms with Gasteiger partial charge >= 0.3 is 12.2 Å². The molecule has 12 aromatic carbocycles. The first-order valence-corrected chi connectivity index (χ1v) is 44.9. The van der Waals surface area contributed by atoms with E-state index in [9.17, 15) is 9.59 Å². The number of alkyl carbamates (subject to hydrolysis) is 2. The summed E-state index contributed by atoms with van der Waals surface area (Å²) >= 11 is 0. The van der Waals surface area contributed by atoms with Gasteiger partial charge in [0.15, 0.2) is 0 Å². The van der Waals surface area contributed by atoms with Gasteiger partial charge in [-0.3, -0.25) is 47.9 Å². The minimum atomic E-state index is -1.54. The molecule has 0 radical (unpaired) electrons. The molecule has 0 spiro atoms. The van der Waals surface area contributed by atoms with Gasteiger partial charge in [0.1, 0.15) is 73.6 Å². The first-order chi connectivity index (χ1) is 62.5. The molecule has 3 saturated heterocycles. The molecule has 12 aromatic rings. The van der Waals surface area contributed by atoms with E-state index in [1.54, 1.807) is 68.4 Å². The van der Waals surface area contributed by atoms with Gasteiger partial charge in [0.05, 0.1) is 0 Å². The number of carbonyl (C=O) groups excluding carboxylic acids is 12. The number of fused-ring (bicyclic) bond motifs is 2. The van der Waals surface area contributed by atoms with Gasteiger partial charge in [-0.05, 0) is 168 Å². The molecule has 0 unspecified atom stereocenters. The third-order valence-electron chi connectivity index (χ3n) is 25.0. The van der Waals surface area contributed by atoms with Crippen molar-refractivity contribution in [2.75, 3.05) is 26.2 Å². The maximum atomic E-state index is 16.3. The van der Waals surface area contributed by atoms with Gasteiger partial charge in [0, 0.05) is 51.9 Å². The van der Waals surface area contributed by atoms with E-state index < -0.39 is 138 Å². The molecule has 15 rings (SSSR count). The number of hydrogen-bond acceptors (Lipinski definition) is 14. The minimum absolute atomic E-state index is 0.0160. The van der Waals surface area contributed by atoms with Gasteiger partial charge in [-0.2, -0.15) is 0 Å². The first kappa shape index (κ1) is 89.8. The van der Waals surface area contributed by atoms with E-state index in [4.69, 9.17) is 9.47 Å². The Bertz CT molecular complexity index is 6030. The van der Waals surface area contributed by atoms with Crippen LogP contribution in [0.1, 0.15) is 119 Å². The number of hydrogen-bond donors (Lipinski definition) is 10. The van der Waals surface area contributed by atoms with Crippen LogP contribution in [0, 0.1) is 11.8 Å². The molecule has 10 N–H and O–H groups in total. The molecule has 0 aromatic heterocycles. The smallest absolute Gasteiger partial charge is 0.407 e. The van der Waals surface area contributed by atoms with E-state index in [1.807, 2.05) is 184 Å². The summed E-state index contributed by atoms with van der Waals surface area (Å²) in [6, 6.07) is 58.2. The Labute approximate surface area is 748 Å². The quantitative estimate of drug-likeness (QED) is 0.0210. The Morgan fingerprint density at radius 1 is 0.341 bits per heavy atom. The van der Waals surface area contributed by atoms with Gasteiger partial charge in [-0.1, -0.05) is 258 Å². The van der Waals surface area contributed by atoms with Crippen molar-refractivity contribution >= 4 is 136 Å². The molecular formula is C103H110N12O14. The number of amides is 12. The Hall–Kier alpha value is -14.0. The lowest BCUT2D eigenvalue weighted by molar-refractivity contribution is -0.143. The average molecular weight is 1740 g/mol. The summed E-state index contributed by atoms with van der Waals surface area (Å²) in [5.74, 6) is -8.42. The van der Waals surface area contributed by atoms with Gasteiger partial charge in [0.2, 0.25) is 59.1 Å². The van der Waals surface area contributed by atoms with E-state index in [0.717, 1.165) is 75.8 Å². The van der Waals surface area contributed by atoms with Crippen LogP contribution in [0.25, 0.3) is 64.6 Å². The molecule has 3 heterocycles. The summed E-state index contributed by atoms with van der Waals surface area (Å²) in [5, 5.41) is 40.6. The lowest BCUT2D eigenvalue weighted by Crippen LogP contribution is -2.62. The number of benzene rings is 12. The first-order valence-electron chi connectivity index (χ1n) is 44.9. The van der Waals surface area contributed by atoms with Crippen LogP contribution >= 0.6 is 0 Å². The van der Waals surface area contributed by atoms with Crippen molar-refractivity contribution in [2.45, 2.75) is 185 Å². The topological polar surface area (TPSA) is 350 Å². The fourth-order valence-corrected chi connectivity index (χ4v) is 18.4. The van der Waals surface area contributed by atoms with E-state index in [0.29, 0.717) is 35.1 Å². The molecule has 3 aliphatic heterocycles. The Morgan fingerprint density at radius 2 is 0.674 bits per heavy atom. The van der Waals surface area contributed by atoms with E-state index in [2.05, 4.69) is 59.2 Å². The highest BCUT2D eigenvalue weighted by Crippen LogP contribution is 2.39. The van der Waals surface area contributed by atoms with Crippen LogP contribution < -0.4 is 53.2 Å². The molecule has 26 heteroatoms. The Balaban J connectivity index is 0.817. The molecule has 10 atom stereocenters. The van der Waals surface area contributed by atoms with Crippen LogP contribution in [0.15, 0.2) is 231 Å². The lowest BCUT2D eigenvalue weighted by atomic mass is 9.90. The molecule has 0 bridgehead atoms. The second-order valence-electron chi connectivity index (χ2n) is 34.9. The van der Waals surface area contributed by atoms with Gasteiger partial charge < -0.3 is 72.4 Å². The largest absolute Gasteiger partial charge is 0.445 e. The molecule has 3 aliphatic rings. The number of nitrogens with one attached hydrogen (secondary N) is 10. The van der Waals surface area contributed by atoms with Crippen LogP contribution in [0.2, 0.25) is 0 Å². The molecular weight excluding hydrogens is 1630 g/mol.